The molecule has 22 heavy (non-hydrogen) atoms. The largest absolute Gasteiger partial charge is 0.496 e. The van der Waals surface area contributed by atoms with Crippen LogP contribution in [0, 0.1) is 5.82 Å². The van der Waals surface area contributed by atoms with Crippen molar-refractivity contribution in [2.45, 2.75) is 0 Å². The average Bonchev–Trinajstić information content (AvgIpc) is 2.53. The average molecular weight is 304 g/mol. The van der Waals surface area contributed by atoms with E-state index in [1.54, 1.807) is 0 Å². The van der Waals surface area contributed by atoms with Gasteiger partial charge in [0.05, 0.1) is 19.8 Å². The summed E-state index contributed by atoms with van der Waals surface area (Å²) in [5.41, 5.74) is 0.722. The molecular weight excluding hydrogens is 291 g/mol. The van der Waals surface area contributed by atoms with E-state index in [9.17, 15) is 14.0 Å². The molecule has 2 aromatic carbocycles. The maximum Gasteiger partial charge on any atom is 0.339 e. The summed E-state index contributed by atoms with van der Waals surface area (Å²) in [6.07, 6.45) is 0. The maximum absolute atomic E-state index is 14.1. The number of halogens is 1. The van der Waals surface area contributed by atoms with E-state index in [1.165, 1.54) is 44.6 Å². The van der Waals surface area contributed by atoms with Crippen LogP contribution in [0.2, 0.25) is 0 Å². The second-order valence-electron chi connectivity index (χ2n) is 4.41. The van der Waals surface area contributed by atoms with Gasteiger partial charge in [-0.25, -0.2) is 14.0 Å². The van der Waals surface area contributed by atoms with Crippen molar-refractivity contribution in [2.24, 2.45) is 0 Å². The van der Waals surface area contributed by atoms with E-state index in [-0.39, 0.29) is 16.9 Å². The first-order valence-electron chi connectivity index (χ1n) is 6.27. The lowest BCUT2D eigenvalue weighted by Crippen LogP contribution is -2.03. The summed E-state index contributed by atoms with van der Waals surface area (Å²) in [7, 11) is 2.53. The first kappa shape index (κ1) is 15.5. The SMILES string of the molecule is COC(=O)c1ccc(-c2cc(C(=O)O)c(OC)cc2F)cc1. The molecule has 5 nitrogen and oxygen atoms in total. The molecule has 0 fully saturated rings. The second-order valence-corrected chi connectivity index (χ2v) is 4.41. The number of carboxylic acids is 1. The van der Waals surface area contributed by atoms with Crippen molar-refractivity contribution < 1.29 is 28.6 Å². The molecule has 6 heteroatoms. The molecule has 0 atom stereocenters. The highest BCUT2D eigenvalue weighted by Gasteiger charge is 2.17. The highest BCUT2D eigenvalue weighted by atomic mass is 19.1. The Labute approximate surface area is 125 Å². The number of rotatable bonds is 4. The lowest BCUT2D eigenvalue weighted by atomic mass is 10.0. The Bertz CT molecular complexity index is 722. The van der Waals surface area contributed by atoms with Gasteiger partial charge in [0.1, 0.15) is 17.1 Å². The third-order valence-corrected chi connectivity index (χ3v) is 3.14. The predicted molar refractivity (Wildman–Crippen MR) is 76.7 cm³/mol. The third kappa shape index (κ3) is 2.90. The van der Waals surface area contributed by atoms with E-state index < -0.39 is 17.8 Å². The maximum atomic E-state index is 14.1. The topological polar surface area (TPSA) is 72.8 Å². The fourth-order valence-electron chi connectivity index (χ4n) is 2.02. The molecule has 0 saturated carbocycles. The summed E-state index contributed by atoms with van der Waals surface area (Å²) in [6, 6.07) is 8.21. The number of benzene rings is 2. The van der Waals surface area contributed by atoms with E-state index >= 15 is 0 Å². The molecule has 2 rings (SSSR count). The van der Waals surface area contributed by atoms with Gasteiger partial charge in [0.15, 0.2) is 0 Å². The van der Waals surface area contributed by atoms with Crippen molar-refractivity contribution in [2.75, 3.05) is 14.2 Å². The summed E-state index contributed by atoms with van der Waals surface area (Å²) in [5, 5.41) is 9.14. The van der Waals surface area contributed by atoms with Crippen molar-refractivity contribution >= 4 is 11.9 Å². The minimum Gasteiger partial charge on any atom is -0.496 e. The third-order valence-electron chi connectivity index (χ3n) is 3.14. The van der Waals surface area contributed by atoms with Crippen LogP contribution in [0.5, 0.6) is 5.75 Å². The molecule has 0 aromatic heterocycles. The molecule has 0 spiro atoms. The molecule has 0 aliphatic heterocycles. The summed E-state index contributed by atoms with van der Waals surface area (Å²) >= 11 is 0. The molecule has 0 amide bonds. The number of carbonyl (C=O) groups excluding carboxylic acids is 1. The lowest BCUT2D eigenvalue weighted by molar-refractivity contribution is 0.0599. The van der Waals surface area contributed by atoms with Gasteiger partial charge in [-0.1, -0.05) is 12.1 Å². The van der Waals surface area contributed by atoms with Gasteiger partial charge in [-0.2, -0.15) is 0 Å². The summed E-state index contributed by atoms with van der Waals surface area (Å²) in [4.78, 5) is 22.6. The van der Waals surface area contributed by atoms with Crippen molar-refractivity contribution in [1.29, 1.82) is 0 Å². The fraction of sp³-hybridized carbons (Fsp3) is 0.125. The fourth-order valence-corrected chi connectivity index (χ4v) is 2.02. The van der Waals surface area contributed by atoms with Gasteiger partial charge in [0, 0.05) is 11.6 Å². The molecule has 114 valence electrons. The number of hydrogen-bond donors (Lipinski definition) is 1. The minimum absolute atomic E-state index is 0.0556. The molecular formula is C16H13FO5. The van der Waals surface area contributed by atoms with Gasteiger partial charge < -0.3 is 14.6 Å². The van der Waals surface area contributed by atoms with E-state index in [2.05, 4.69) is 4.74 Å². The summed E-state index contributed by atoms with van der Waals surface area (Å²) in [5.74, 6) is -2.40. The smallest absolute Gasteiger partial charge is 0.339 e. The van der Waals surface area contributed by atoms with Crippen LogP contribution in [0.3, 0.4) is 0 Å². The first-order valence-corrected chi connectivity index (χ1v) is 6.27. The van der Waals surface area contributed by atoms with E-state index in [1.807, 2.05) is 0 Å². The number of carbonyl (C=O) groups is 2. The first-order chi connectivity index (χ1) is 10.5. The van der Waals surface area contributed by atoms with E-state index in [4.69, 9.17) is 9.84 Å². The van der Waals surface area contributed by atoms with Crippen LogP contribution in [0.1, 0.15) is 20.7 Å². The minimum atomic E-state index is -1.22. The number of ether oxygens (including phenoxy) is 2. The van der Waals surface area contributed by atoms with Crippen LogP contribution in [0.15, 0.2) is 36.4 Å². The highest BCUT2D eigenvalue weighted by Crippen LogP contribution is 2.30. The summed E-state index contributed by atoms with van der Waals surface area (Å²) in [6.45, 7) is 0. The van der Waals surface area contributed by atoms with E-state index in [0.29, 0.717) is 11.1 Å². The monoisotopic (exact) mass is 304 g/mol. The number of hydrogen-bond acceptors (Lipinski definition) is 4. The zero-order chi connectivity index (χ0) is 16.3. The Balaban J connectivity index is 2.50. The van der Waals surface area contributed by atoms with Gasteiger partial charge in [0.25, 0.3) is 0 Å². The Kier molecular flexibility index (Phi) is 4.41. The van der Waals surface area contributed by atoms with Crippen molar-refractivity contribution in [3.05, 3.63) is 53.3 Å². The molecule has 0 saturated heterocycles. The highest BCUT2D eigenvalue weighted by molar-refractivity contribution is 5.93. The van der Waals surface area contributed by atoms with Crippen LogP contribution in [-0.2, 0) is 4.74 Å². The number of esters is 1. The second kappa shape index (κ2) is 6.26. The van der Waals surface area contributed by atoms with Gasteiger partial charge in [-0.15, -0.1) is 0 Å². The molecule has 0 heterocycles. The molecule has 0 unspecified atom stereocenters. The van der Waals surface area contributed by atoms with Crippen molar-refractivity contribution in [3.63, 3.8) is 0 Å². The zero-order valence-electron chi connectivity index (χ0n) is 11.9. The van der Waals surface area contributed by atoms with Crippen molar-refractivity contribution in [1.82, 2.24) is 0 Å². The Hall–Kier alpha value is -2.89. The lowest BCUT2D eigenvalue weighted by Gasteiger charge is -2.10. The van der Waals surface area contributed by atoms with Gasteiger partial charge in [-0.05, 0) is 23.8 Å². The van der Waals surface area contributed by atoms with Crippen LogP contribution in [0.25, 0.3) is 11.1 Å². The Morgan fingerprint density at radius 2 is 1.73 bits per heavy atom. The number of methoxy groups -OCH3 is 2. The van der Waals surface area contributed by atoms with Gasteiger partial charge >= 0.3 is 11.9 Å². The summed E-state index contributed by atoms with van der Waals surface area (Å²) < 4.78 is 23.6. The van der Waals surface area contributed by atoms with Crippen molar-refractivity contribution in [3.8, 4) is 16.9 Å². The van der Waals surface area contributed by atoms with Crippen LogP contribution < -0.4 is 4.74 Å². The number of aromatic carboxylic acids is 1. The molecule has 0 aliphatic rings. The van der Waals surface area contributed by atoms with Crippen LogP contribution in [-0.4, -0.2) is 31.3 Å². The standard InChI is InChI=1S/C16H13FO5/c1-21-14-8-13(17)11(7-12(14)15(18)19)9-3-5-10(6-4-9)16(20)22-2/h3-8H,1-2H3,(H,18,19). The molecule has 2 aromatic rings. The van der Waals surface area contributed by atoms with Crippen LogP contribution >= 0.6 is 0 Å². The van der Waals surface area contributed by atoms with Crippen LogP contribution in [0.4, 0.5) is 4.39 Å². The predicted octanol–water partition coefficient (Wildman–Crippen LogP) is 2.99. The molecule has 0 aliphatic carbocycles. The molecule has 0 bridgehead atoms. The van der Waals surface area contributed by atoms with Gasteiger partial charge in [-0.3, -0.25) is 0 Å². The van der Waals surface area contributed by atoms with E-state index in [0.717, 1.165) is 6.07 Å². The molecule has 0 radical (unpaired) electrons. The Morgan fingerprint density at radius 3 is 2.23 bits per heavy atom. The quantitative estimate of drug-likeness (QED) is 0.879. The Morgan fingerprint density at radius 1 is 1.09 bits per heavy atom. The normalized spacial score (nSPS) is 10.1. The zero-order valence-corrected chi connectivity index (χ0v) is 11.9. The number of carboxylic acid groups (broad SMARTS) is 1. The molecule has 1 N–H and O–H groups in total. The van der Waals surface area contributed by atoms with Gasteiger partial charge in [0.2, 0.25) is 0 Å².